The first kappa shape index (κ1) is 13.5. The second kappa shape index (κ2) is 5.51. The van der Waals surface area contributed by atoms with E-state index < -0.39 is 10.1 Å². The molecule has 0 saturated carbocycles. The van der Waals surface area contributed by atoms with Crippen LogP contribution in [0.3, 0.4) is 0 Å². The molecule has 0 amide bonds. The molecule has 0 heterocycles. The zero-order valence-electron chi connectivity index (χ0n) is 6.49. The first-order chi connectivity index (χ1) is 3.92. The van der Waals surface area contributed by atoms with Gasteiger partial charge in [0.2, 0.25) is 0 Å². The van der Waals surface area contributed by atoms with Crippen molar-refractivity contribution in [1.29, 1.82) is 0 Å². The standard InChI is InChI=1S/C4H11NO3S.Na/c1-5(2)3-4-9(6,7)8;/h3-4H2,1-2H3,(H,6,7,8);/q;+1/p-1. The van der Waals surface area contributed by atoms with E-state index in [9.17, 15) is 13.0 Å². The van der Waals surface area contributed by atoms with Crippen LogP contribution in [0, 0.1) is 0 Å². The van der Waals surface area contributed by atoms with Gasteiger partial charge in [-0.05, 0) is 14.1 Å². The third kappa shape index (κ3) is 11.6. The second-order valence-corrected chi connectivity index (χ2v) is 3.59. The zero-order valence-corrected chi connectivity index (χ0v) is 9.31. The molecule has 0 unspecified atom stereocenters. The summed E-state index contributed by atoms with van der Waals surface area (Å²) in [6.45, 7) is 0.297. The van der Waals surface area contributed by atoms with Gasteiger partial charge >= 0.3 is 29.6 Å². The minimum absolute atomic E-state index is 0. The van der Waals surface area contributed by atoms with Crippen LogP contribution in [0.5, 0.6) is 0 Å². The molecule has 0 aromatic carbocycles. The predicted molar refractivity (Wildman–Crippen MR) is 33.1 cm³/mol. The first-order valence-corrected chi connectivity index (χ1v) is 4.08. The molecule has 0 fully saturated rings. The Labute approximate surface area is 83.6 Å². The molecule has 10 heavy (non-hydrogen) atoms. The molecule has 0 saturated heterocycles. The van der Waals surface area contributed by atoms with Gasteiger partial charge in [0, 0.05) is 6.54 Å². The molecule has 0 aromatic heterocycles. The van der Waals surface area contributed by atoms with E-state index in [1.165, 1.54) is 0 Å². The van der Waals surface area contributed by atoms with E-state index in [4.69, 9.17) is 0 Å². The van der Waals surface area contributed by atoms with Crippen LogP contribution in [-0.2, 0) is 10.1 Å². The molecule has 6 heteroatoms. The molecule has 0 aromatic rings. The number of hydrogen-bond donors (Lipinski definition) is 0. The van der Waals surface area contributed by atoms with Gasteiger partial charge in [-0.3, -0.25) is 0 Å². The number of nitrogens with zero attached hydrogens (tertiary/aromatic N) is 1. The van der Waals surface area contributed by atoms with Crippen LogP contribution in [0.25, 0.3) is 0 Å². The summed E-state index contributed by atoms with van der Waals surface area (Å²) in [5.41, 5.74) is 0. The summed E-state index contributed by atoms with van der Waals surface area (Å²) in [6, 6.07) is 0. The number of rotatable bonds is 3. The summed E-state index contributed by atoms with van der Waals surface area (Å²) < 4.78 is 29.9. The van der Waals surface area contributed by atoms with Crippen molar-refractivity contribution in [3.63, 3.8) is 0 Å². The molecule has 0 atom stereocenters. The quantitative estimate of drug-likeness (QED) is 0.325. The third-order valence-corrected chi connectivity index (χ3v) is 1.47. The van der Waals surface area contributed by atoms with Crippen molar-refractivity contribution in [2.75, 3.05) is 26.4 Å². The molecule has 0 aliphatic heterocycles. The average Bonchev–Trinajstić information content (AvgIpc) is 1.59. The molecule has 0 spiro atoms. The molecule has 0 radical (unpaired) electrons. The van der Waals surface area contributed by atoms with Crippen molar-refractivity contribution >= 4 is 10.1 Å². The first-order valence-electron chi connectivity index (χ1n) is 2.50. The Morgan fingerprint density at radius 1 is 1.40 bits per heavy atom. The van der Waals surface area contributed by atoms with Gasteiger partial charge in [0.05, 0.1) is 15.9 Å². The van der Waals surface area contributed by atoms with Crippen LogP contribution >= 0.6 is 0 Å². The predicted octanol–water partition coefficient (Wildman–Crippen LogP) is -3.90. The van der Waals surface area contributed by atoms with Crippen molar-refractivity contribution in [3.8, 4) is 0 Å². The van der Waals surface area contributed by atoms with Gasteiger partial charge in [0.15, 0.2) is 0 Å². The Balaban J connectivity index is 0. The zero-order chi connectivity index (χ0) is 7.49. The van der Waals surface area contributed by atoms with Crippen molar-refractivity contribution < 1.29 is 42.5 Å². The minimum Gasteiger partial charge on any atom is -0.748 e. The topological polar surface area (TPSA) is 60.4 Å². The van der Waals surface area contributed by atoms with Crippen LogP contribution in [0.2, 0.25) is 0 Å². The third-order valence-electron chi connectivity index (χ3n) is 0.789. The Kier molecular flexibility index (Phi) is 7.42. The Morgan fingerprint density at radius 2 is 1.80 bits per heavy atom. The van der Waals surface area contributed by atoms with E-state index in [0.29, 0.717) is 6.54 Å². The van der Waals surface area contributed by atoms with Gasteiger partial charge in [0.1, 0.15) is 0 Å². The van der Waals surface area contributed by atoms with Crippen LogP contribution < -0.4 is 29.6 Å². The Bertz CT molecular complexity index is 165. The molecule has 0 aliphatic carbocycles. The van der Waals surface area contributed by atoms with E-state index in [1.54, 1.807) is 19.0 Å². The monoisotopic (exact) mass is 175 g/mol. The van der Waals surface area contributed by atoms with E-state index in [0.717, 1.165) is 0 Å². The van der Waals surface area contributed by atoms with Crippen molar-refractivity contribution in [3.05, 3.63) is 0 Å². The molecule has 0 aliphatic rings. The maximum atomic E-state index is 9.95. The molecular formula is C4H10NNaO3S. The van der Waals surface area contributed by atoms with Crippen LogP contribution in [0.1, 0.15) is 0 Å². The smallest absolute Gasteiger partial charge is 0.748 e. The molecule has 56 valence electrons. The van der Waals surface area contributed by atoms with E-state index >= 15 is 0 Å². The molecule has 0 N–H and O–H groups in total. The fourth-order valence-electron chi connectivity index (χ4n) is 0.294. The summed E-state index contributed by atoms with van der Waals surface area (Å²) >= 11 is 0. The van der Waals surface area contributed by atoms with Crippen LogP contribution in [-0.4, -0.2) is 44.3 Å². The van der Waals surface area contributed by atoms with Crippen LogP contribution in [0.15, 0.2) is 0 Å². The van der Waals surface area contributed by atoms with Gasteiger partial charge in [-0.15, -0.1) is 0 Å². The average molecular weight is 175 g/mol. The van der Waals surface area contributed by atoms with Gasteiger partial charge in [-0.1, -0.05) is 0 Å². The molecule has 0 rings (SSSR count). The Hall–Kier alpha value is 0.870. The van der Waals surface area contributed by atoms with Crippen molar-refractivity contribution in [2.45, 2.75) is 0 Å². The van der Waals surface area contributed by atoms with Gasteiger partial charge < -0.3 is 9.45 Å². The summed E-state index contributed by atoms with van der Waals surface area (Å²) in [6.07, 6.45) is 0. The maximum absolute atomic E-state index is 9.95. The summed E-state index contributed by atoms with van der Waals surface area (Å²) in [7, 11) is -0.584. The number of hydrogen-bond acceptors (Lipinski definition) is 4. The van der Waals surface area contributed by atoms with Crippen molar-refractivity contribution in [1.82, 2.24) is 4.90 Å². The molecular weight excluding hydrogens is 165 g/mol. The van der Waals surface area contributed by atoms with Crippen LogP contribution in [0.4, 0.5) is 0 Å². The SMILES string of the molecule is CN(C)CCS(=O)(=O)[O-].[Na+]. The Morgan fingerprint density at radius 3 is 1.90 bits per heavy atom. The molecule has 4 nitrogen and oxygen atoms in total. The van der Waals surface area contributed by atoms with Gasteiger partial charge in [0.25, 0.3) is 0 Å². The van der Waals surface area contributed by atoms with Gasteiger partial charge in [-0.2, -0.15) is 0 Å². The largest absolute Gasteiger partial charge is 1.00 e. The summed E-state index contributed by atoms with van der Waals surface area (Å²) in [4.78, 5) is 1.65. The minimum atomic E-state index is -4.01. The molecule has 0 bridgehead atoms. The normalized spacial score (nSPS) is 11.2. The second-order valence-electron chi connectivity index (χ2n) is 2.07. The maximum Gasteiger partial charge on any atom is 1.00 e. The fourth-order valence-corrected chi connectivity index (χ4v) is 0.883. The van der Waals surface area contributed by atoms with E-state index in [-0.39, 0.29) is 35.3 Å². The van der Waals surface area contributed by atoms with Gasteiger partial charge in [-0.25, -0.2) is 8.42 Å². The summed E-state index contributed by atoms with van der Waals surface area (Å²) in [5.74, 6) is -0.306. The fraction of sp³-hybridized carbons (Fsp3) is 1.00. The summed E-state index contributed by atoms with van der Waals surface area (Å²) in [5, 5.41) is 0. The van der Waals surface area contributed by atoms with E-state index in [1.807, 2.05) is 0 Å². The van der Waals surface area contributed by atoms with Crippen molar-refractivity contribution in [2.24, 2.45) is 0 Å². The van der Waals surface area contributed by atoms with E-state index in [2.05, 4.69) is 0 Å².